The van der Waals surface area contributed by atoms with E-state index in [1.54, 1.807) is 24.1 Å². The van der Waals surface area contributed by atoms with Crippen LogP contribution >= 0.6 is 39.0 Å². The fourth-order valence-electron chi connectivity index (χ4n) is 2.95. The molecule has 3 aromatic heterocycles. The number of pyridine rings is 1. The molecule has 1 fully saturated rings. The van der Waals surface area contributed by atoms with Crippen LogP contribution in [0.5, 0.6) is 0 Å². The number of aliphatic hydroxyl groups excluding tert-OH is 3. The molecule has 0 spiro atoms. The van der Waals surface area contributed by atoms with Gasteiger partial charge in [-0.2, -0.15) is 0 Å². The summed E-state index contributed by atoms with van der Waals surface area (Å²) in [6.45, 7) is -0.397. The van der Waals surface area contributed by atoms with Crippen molar-refractivity contribution in [2.75, 3.05) is 6.61 Å². The Balaban J connectivity index is 1.61. The van der Waals surface area contributed by atoms with Crippen molar-refractivity contribution in [1.82, 2.24) is 25.0 Å². The monoisotopic (exact) mass is 485 g/mol. The number of aromatic nitrogens is 5. The van der Waals surface area contributed by atoms with Crippen molar-refractivity contribution in [3.05, 3.63) is 40.0 Å². The second-order valence-corrected chi connectivity index (χ2v) is 8.92. The lowest BCUT2D eigenvalue weighted by Crippen LogP contribution is -2.55. The minimum atomic E-state index is -1.16. The third-order valence-corrected chi connectivity index (χ3v) is 6.43. The van der Waals surface area contributed by atoms with Crippen molar-refractivity contribution in [2.24, 2.45) is 0 Å². The fraction of sp³-hybridized carbons (Fsp3) is 0.375. The number of ether oxygens (including phenoxy) is 1. The minimum Gasteiger partial charge on any atom is -0.394 e. The average molecular weight is 486 g/mol. The van der Waals surface area contributed by atoms with Gasteiger partial charge in [-0.3, -0.25) is 4.98 Å². The molecule has 1 saturated heterocycles. The van der Waals surface area contributed by atoms with E-state index >= 15 is 0 Å². The zero-order valence-electron chi connectivity index (χ0n) is 14.2. The van der Waals surface area contributed by atoms with Crippen LogP contribution in [0, 0.1) is 0 Å². The van der Waals surface area contributed by atoms with Gasteiger partial charge in [0.05, 0.1) is 18.3 Å². The summed E-state index contributed by atoms with van der Waals surface area (Å²) in [5.74, 6) is 0. The first-order valence-corrected chi connectivity index (χ1v) is 10.9. The molecule has 28 heavy (non-hydrogen) atoms. The molecule has 0 aliphatic carbocycles. The molecule has 148 valence electrons. The summed E-state index contributed by atoms with van der Waals surface area (Å²) < 4.78 is 7.93. The number of nitrogens with zero attached hydrogens (tertiary/aromatic N) is 5. The fourth-order valence-corrected chi connectivity index (χ4v) is 5.09. The van der Waals surface area contributed by atoms with E-state index in [1.807, 2.05) is 11.4 Å². The van der Waals surface area contributed by atoms with Gasteiger partial charge in [-0.1, -0.05) is 17.0 Å². The minimum absolute atomic E-state index is 0.397. The van der Waals surface area contributed by atoms with Gasteiger partial charge in [0.2, 0.25) is 0 Å². The number of thiazole rings is 1. The predicted molar refractivity (Wildman–Crippen MR) is 106 cm³/mol. The van der Waals surface area contributed by atoms with Crippen molar-refractivity contribution in [3.8, 4) is 11.4 Å². The Labute approximate surface area is 176 Å². The van der Waals surface area contributed by atoms with Crippen molar-refractivity contribution < 1.29 is 20.1 Å². The van der Waals surface area contributed by atoms with Crippen LogP contribution in [-0.4, -0.2) is 70.6 Å². The maximum Gasteiger partial charge on any atom is 0.136 e. The van der Waals surface area contributed by atoms with E-state index in [0.29, 0.717) is 11.4 Å². The maximum absolute atomic E-state index is 10.9. The Morgan fingerprint density at radius 2 is 2.11 bits per heavy atom. The van der Waals surface area contributed by atoms with Crippen LogP contribution in [0.1, 0.15) is 6.04 Å². The second kappa shape index (κ2) is 8.53. The first-order valence-electron chi connectivity index (χ1n) is 8.27. The lowest BCUT2D eigenvalue weighted by Gasteiger charge is -2.41. The number of hydrogen-bond acceptors (Lipinski definition) is 10. The van der Waals surface area contributed by atoms with E-state index in [0.717, 1.165) is 9.37 Å². The van der Waals surface area contributed by atoms with Crippen LogP contribution in [0.4, 0.5) is 0 Å². The third-order valence-electron chi connectivity index (χ3n) is 4.29. The van der Waals surface area contributed by atoms with Gasteiger partial charge in [-0.05, 0) is 22.0 Å². The van der Waals surface area contributed by atoms with Gasteiger partial charge in [-0.25, -0.2) is 9.67 Å². The van der Waals surface area contributed by atoms with E-state index in [4.69, 9.17) is 4.74 Å². The molecule has 0 radical (unpaired) electrons. The molecule has 3 N–H and O–H groups in total. The average Bonchev–Trinajstić information content (AvgIpc) is 3.36. The molecule has 4 heterocycles. The van der Waals surface area contributed by atoms with E-state index < -0.39 is 36.4 Å². The molecule has 0 bridgehead atoms. The summed E-state index contributed by atoms with van der Waals surface area (Å²) in [6, 6.07) is 1.00. The van der Waals surface area contributed by atoms with Crippen LogP contribution in [0.3, 0.4) is 0 Å². The summed E-state index contributed by atoms with van der Waals surface area (Å²) >= 11 is 6.05. The quantitative estimate of drug-likeness (QED) is 0.490. The van der Waals surface area contributed by atoms with Crippen molar-refractivity contribution in [1.29, 1.82) is 0 Å². The molecule has 9 nitrogen and oxygen atoms in total. The largest absolute Gasteiger partial charge is 0.394 e. The van der Waals surface area contributed by atoms with E-state index in [-0.39, 0.29) is 0 Å². The van der Waals surface area contributed by atoms with E-state index in [9.17, 15) is 15.3 Å². The number of halogens is 1. The number of hydrogen-bond donors (Lipinski definition) is 3. The molecule has 4 rings (SSSR count). The standard InChI is InChI=1S/C16H16BrN5O4S2/c17-8-1-9(3-18-2-8)28-16-15(25)13(14(24)12(5-23)26-16)22-4-10(20-21-22)11-6-27-7-19-11/h1-4,6-7,12-16,23-25H,5H2/t12?,13?,14-,15?,16+/m0/s1. The Bertz CT molecular complexity index is 927. The van der Waals surface area contributed by atoms with Crippen molar-refractivity contribution >= 4 is 39.0 Å². The summed E-state index contributed by atoms with van der Waals surface area (Å²) in [7, 11) is 0. The van der Waals surface area contributed by atoms with Gasteiger partial charge in [0.15, 0.2) is 0 Å². The first-order chi connectivity index (χ1) is 13.6. The molecule has 1 aliphatic rings. The number of rotatable bonds is 5. The Hall–Kier alpha value is -1.41. The Morgan fingerprint density at radius 3 is 2.82 bits per heavy atom. The van der Waals surface area contributed by atoms with Gasteiger partial charge < -0.3 is 20.1 Å². The van der Waals surface area contributed by atoms with Crippen LogP contribution in [-0.2, 0) is 4.74 Å². The van der Waals surface area contributed by atoms with Crippen LogP contribution in [0.15, 0.2) is 44.9 Å². The molecule has 0 aromatic carbocycles. The molecular formula is C16H16BrN5O4S2. The van der Waals surface area contributed by atoms with Gasteiger partial charge in [-0.15, -0.1) is 16.4 Å². The lowest BCUT2D eigenvalue weighted by molar-refractivity contribution is -0.178. The lowest BCUT2D eigenvalue weighted by atomic mass is 9.97. The summed E-state index contributed by atoms with van der Waals surface area (Å²) in [4.78, 5) is 9.06. The molecule has 1 aliphatic heterocycles. The topological polar surface area (TPSA) is 126 Å². The van der Waals surface area contributed by atoms with Gasteiger partial charge >= 0.3 is 0 Å². The van der Waals surface area contributed by atoms with Crippen LogP contribution < -0.4 is 0 Å². The molecule has 0 amide bonds. The smallest absolute Gasteiger partial charge is 0.136 e. The highest BCUT2D eigenvalue weighted by atomic mass is 79.9. The molecule has 0 saturated carbocycles. The summed E-state index contributed by atoms with van der Waals surface area (Å²) in [6.07, 6.45) is 1.77. The zero-order valence-corrected chi connectivity index (χ0v) is 17.5. The molecule has 3 unspecified atom stereocenters. The second-order valence-electron chi connectivity index (χ2n) is 6.11. The zero-order chi connectivity index (χ0) is 19.7. The van der Waals surface area contributed by atoms with E-state index in [2.05, 4.69) is 36.2 Å². The van der Waals surface area contributed by atoms with Crippen LogP contribution in [0.25, 0.3) is 11.4 Å². The molecule has 5 atom stereocenters. The number of thioether (sulfide) groups is 1. The number of aliphatic hydroxyl groups is 3. The first kappa shape index (κ1) is 19.9. The van der Waals surface area contributed by atoms with E-state index in [1.165, 1.54) is 27.8 Å². The molecule has 12 heteroatoms. The maximum atomic E-state index is 10.9. The van der Waals surface area contributed by atoms with Gasteiger partial charge in [0, 0.05) is 27.1 Å². The summed E-state index contributed by atoms with van der Waals surface area (Å²) in [5, 5.41) is 41.2. The normalized spacial score (nSPS) is 27.8. The highest BCUT2D eigenvalue weighted by molar-refractivity contribution is 9.10. The molecular weight excluding hydrogens is 470 g/mol. The molecule has 3 aromatic rings. The SMILES string of the molecule is OCC1O[C@H](Sc2cncc(Br)c2)C(O)C(n2cc(-c3cscn3)nn2)[C@H]1O. The van der Waals surface area contributed by atoms with Crippen molar-refractivity contribution in [2.45, 2.75) is 34.7 Å². The highest BCUT2D eigenvalue weighted by Gasteiger charge is 2.46. The van der Waals surface area contributed by atoms with Crippen LogP contribution in [0.2, 0.25) is 0 Å². The Kier molecular flexibility index (Phi) is 6.06. The van der Waals surface area contributed by atoms with Gasteiger partial charge in [0.1, 0.15) is 41.2 Å². The van der Waals surface area contributed by atoms with Crippen molar-refractivity contribution in [3.63, 3.8) is 0 Å². The highest BCUT2D eigenvalue weighted by Crippen LogP contribution is 2.38. The summed E-state index contributed by atoms with van der Waals surface area (Å²) in [5.41, 5.74) is 2.14. The predicted octanol–water partition coefficient (Wildman–Crippen LogP) is 1.33. The third kappa shape index (κ3) is 3.99. The Morgan fingerprint density at radius 1 is 1.25 bits per heavy atom. The van der Waals surface area contributed by atoms with Gasteiger partial charge in [0.25, 0.3) is 0 Å².